The highest BCUT2D eigenvalue weighted by molar-refractivity contribution is 6.36. The van der Waals surface area contributed by atoms with Gasteiger partial charge in [-0.15, -0.1) is 0 Å². The summed E-state index contributed by atoms with van der Waals surface area (Å²) in [5, 5.41) is 10.5. The minimum Gasteiger partial charge on any atom is -0.383 e. The van der Waals surface area contributed by atoms with Crippen LogP contribution in [0.15, 0.2) is 48.5 Å². The number of halogens is 2. The first-order valence-electron chi connectivity index (χ1n) is 7.24. The highest BCUT2D eigenvalue weighted by atomic mass is 35.5. The molecule has 3 aromatic rings. The van der Waals surface area contributed by atoms with Crippen molar-refractivity contribution in [1.29, 1.82) is 5.26 Å². The maximum absolute atomic E-state index is 9.55. The Morgan fingerprint density at radius 2 is 1.79 bits per heavy atom. The number of benzene rings is 2. The van der Waals surface area contributed by atoms with Gasteiger partial charge in [0.1, 0.15) is 17.5 Å². The minimum absolute atomic E-state index is 0.183. The van der Waals surface area contributed by atoms with E-state index in [9.17, 15) is 5.26 Å². The van der Waals surface area contributed by atoms with Crippen molar-refractivity contribution in [3.8, 4) is 28.5 Å². The Balaban J connectivity index is 2.36. The van der Waals surface area contributed by atoms with Crippen LogP contribution in [0.3, 0.4) is 0 Å². The summed E-state index contributed by atoms with van der Waals surface area (Å²) in [5.41, 5.74) is 10.3. The van der Waals surface area contributed by atoms with Crippen molar-refractivity contribution in [3.63, 3.8) is 0 Å². The second-order valence-electron chi connectivity index (χ2n) is 5.32. The van der Waals surface area contributed by atoms with Gasteiger partial charge in [-0.05, 0) is 24.6 Å². The molecule has 118 valence electrons. The molecule has 24 heavy (non-hydrogen) atoms. The van der Waals surface area contributed by atoms with E-state index in [2.05, 4.69) is 11.1 Å². The number of hydrogen-bond acceptors (Lipinski definition) is 3. The van der Waals surface area contributed by atoms with E-state index in [-0.39, 0.29) is 5.82 Å². The van der Waals surface area contributed by atoms with Crippen molar-refractivity contribution in [1.82, 2.24) is 4.98 Å². The van der Waals surface area contributed by atoms with E-state index in [4.69, 9.17) is 28.9 Å². The van der Waals surface area contributed by atoms with Gasteiger partial charge in [0.25, 0.3) is 0 Å². The lowest BCUT2D eigenvalue weighted by molar-refractivity contribution is 1.26. The summed E-state index contributed by atoms with van der Waals surface area (Å²) in [6.07, 6.45) is 0. The maximum atomic E-state index is 9.55. The van der Waals surface area contributed by atoms with Gasteiger partial charge in [-0.25, -0.2) is 4.98 Å². The number of nitriles is 1. The molecule has 0 saturated heterocycles. The van der Waals surface area contributed by atoms with Crippen molar-refractivity contribution in [2.45, 2.75) is 6.92 Å². The molecule has 5 heteroatoms. The number of nitrogen functional groups attached to an aromatic ring is 1. The van der Waals surface area contributed by atoms with Crippen LogP contribution < -0.4 is 5.73 Å². The normalized spacial score (nSPS) is 10.4. The number of nitrogens with two attached hydrogens (primary N) is 1. The first kappa shape index (κ1) is 16.3. The summed E-state index contributed by atoms with van der Waals surface area (Å²) in [4.78, 5) is 4.43. The number of anilines is 1. The van der Waals surface area contributed by atoms with Crippen LogP contribution in [0.4, 0.5) is 5.82 Å². The first-order valence-corrected chi connectivity index (χ1v) is 7.99. The summed E-state index contributed by atoms with van der Waals surface area (Å²) >= 11 is 12.4. The molecule has 0 atom stereocenters. The molecule has 1 heterocycles. The van der Waals surface area contributed by atoms with Crippen molar-refractivity contribution in [2.75, 3.05) is 5.73 Å². The van der Waals surface area contributed by atoms with E-state index in [1.54, 1.807) is 18.2 Å². The Hall–Kier alpha value is -2.54. The molecular formula is C19H13Cl2N3. The topological polar surface area (TPSA) is 62.7 Å². The zero-order chi connectivity index (χ0) is 17.3. The molecule has 0 aliphatic rings. The number of aromatic nitrogens is 1. The second kappa shape index (κ2) is 6.52. The molecule has 0 spiro atoms. The third-order valence-corrected chi connectivity index (χ3v) is 4.38. The molecule has 0 fully saturated rings. The molecule has 0 saturated carbocycles. The smallest absolute Gasteiger partial charge is 0.142 e. The van der Waals surface area contributed by atoms with Crippen molar-refractivity contribution in [2.24, 2.45) is 0 Å². The highest BCUT2D eigenvalue weighted by Gasteiger charge is 2.20. The number of nitrogens with zero attached hydrogens (tertiary/aromatic N) is 2. The third kappa shape index (κ3) is 2.82. The fourth-order valence-corrected chi connectivity index (χ4v) is 3.22. The Labute approximate surface area is 150 Å². The van der Waals surface area contributed by atoms with Crippen LogP contribution in [0.2, 0.25) is 10.0 Å². The zero-order valence-electron chi connectivity index (χ0n) is 12.8. The monoisotopic (exact) mass is 353 g/mol. The Morgan fingerprint density at radius 1 is 1.08 bits per heavy atom. The van der Waals surface area contributed by atoms with Gasteiger partial charge in [0.05, 0.1) is 5.69 Å². The average molecular weight is 354 g/mol. The molecule has 0 aliphatic carbocycles. The van der Waals surface area contributed by atoms with Gasteiger partial charge in [-0.2, -0.15) is 5.26 Å². The highest BCUT2D eigenvalue weighted by Crippen LogP contribution is 2.39. The quantitative estimate of drug-likeness (QED) is 0.662. The van der Waals surface area contributed by atoms with Gasteiger partial charge in [-0.1, -0.05) is 59.6 Å². The number of hydrogen-bond donors (Lipinski definition) is 1. The lowest BCUT2D eigenvalue weighted by Crippen LogP contribution is -2.03. The largest absolute Gasteiger partial charge is 0.383 e. The van der Waals surface area contributed by atoms with E-state index in [1.807, 2.05) is 37.3 Å². The summed E-state index contributed by atoms with van der Waals surface area (Å²) in [7, 11) is 0. The minimum atomic E-state index is 0.183. The van der Waals surface area contributed by atoms with E-state index < -0.39 is 0 Å². The summed E-state index contributed by atoms with van der Waals surface area (Å²) in [6.45, 7) is 1.91. The molecule has 2 aromatic carbocycles. The van der Waals surface area contributed by atoms with Crippen molar-refractivity contribution in [3.05, 3.63) is 69.7 Å². The van der Waals surface area contributed by atoms with Gasteiger partial charge in [0.15, 0.2) is 0 Å². The number of pyridine rings is 1. The zero-order valence-corrected chi connectivity index (χ0v) is 14.4. The first-order chi connectivity index (χ1) is 11.5. The van der Waals surface area contributed by atoms with Crippen LogP contribution >= 0.6 is 23.2 Å². The average Bonchev–Trinajstić information content (AvgIpc) is 2.57. The lowest BCUT2D eigenvalue weighted by atomic mass is 9.93. The van der Waals surface area contributed by atoms with E-state index in [0.717, 1.165) is 16.8 Å². The van der Waals surface area contributed by atoms with Gasteiger partial charge in [-0.3, -0.25) is 0 Å². The van der Waals surface area contributed by atoms with Gasteiger partial charge in [0.2, 0.25) is 0 Å². The summed E-state index contributed by atoms with van der Waals surface area (Å²) in [5.74, 6) is 0.183. The summed E-state index contributed by atoms with van der Waals surface area (Å²) < 4.78 is 0. The second-order valence-corrected chi connectivity index (χ2v) is 6.17. The molecule has 2 N–H and O–H groups in total. The molecule has 3 nitrogen and oxygen atoms in total. The van der Waals surface area contributed by atoms with E-state index in [0.29, 0.717) is 26.7 Å². The third-order valence-electron chi connectivity index (χ3n) is 3.83. The van der Waals surface area contributed by atoms with Gasteiger partial charge in [0, 0.05) is 26.7 Å². The van der Waals surface area contributed by atoms with Crippen molar-refractivity contribution >= 4 is 29.0 Å². The molecule has 0 amide bonds. The predicted molar refractivity (Wildman–Crippen MR) is 99.0 cm³/mol. The van der Waals surface area contributed by atoms with Crippen LogP contribution in [0, 0.1) is 18.3 Å². The Bertz CT molecular complexity index is 961. The van der Waals surface area contributed by atoms with Crippen LogP contribution in [0.5, 0.6) is 0 Å². The number of rotatable bonds is 2. The van der Waals surface area contributed by atoms with E-state index in [1.165, 1.54) is 0 Å². The molecule has 3 rings (SSSR count). The van der Waals surface area contributed by atoms with Crippen LogP contribution in [0.25, 0.3) is 22.4 Å². The lowest BCUT2D eigenvalue weighted by Gasteiger charge is -2.16. The molecule has 1 aromatic heterocycles. The molecule has 0 unspecified atom stereocenters. The van der Waals surface area contributed by atoms with Crippen molar-refractivity contribution < 1.29 is 0 Å². The Kier molecular flexibility index (Phi) is 4.44. The molecular weight excluding hydrogens is 341 g/mol. The van der Waals surface area contributed by atoms with Gasteiger partial charge >= 0.3 is 0 Å². The molecule has 0 radical (unpaired) electrons. The Morgan fingerprint density at radius 3 is 2.42 bits per heavy atom. The summed E-state index contributed by atoms with van der Waals surface area (Å²) in [6, 6.07) is 17.0. The van der Waals surface area contributed by atoms with Crippen LogP contribution in [0.1, 0.15) is 11.1 Å². The fourth-order valence-electron chi connectivity index (χ4n) is 2.71. The van der Waals surface area contributed by atoms with Crippen LogP contribution in [-0.4, -0.2) is 4.98 Å². The van der Waals surface area contributed by atoms with Crippen LogP contribution in [-0.2, 0) is 0 Å². The maximum Gasteiger partial charge on any atom is 0.142 e. The van der Waals surface area contributed by atoms with E-state index >= 15 is 0 Å². The fraction of sp³-hybridized carbons (Fsp3) is 0.0526. The predicted octanol–water partition coefficient (Wildman–Crippen LogP) is 5.48. The molecule has 0 bridgehead atoms. The SMILES string of the molecule is Cc1c(-c2ccccc2)nc(N)c(C#N)c1-c1ccc(Cl)cc1Cl. The van der Waals surface area contributed by atoms with Gasteiger partial charge < -0.3 is 5.73 Å². The standard InChI is InChI=1S/C19H13Cl2N3/c1-11-17(14-8-7-13(20)9-16(14)21)15(10-22)19(23)24-18(11)12-5-3-2-4-6-12/h2-9H,1H3,(H2,23,24). The molecule has 0 aliphatic heterocycles.